The molecule has 11 heteroatoms. The number of ether oxygens (including phenoxy) is 3. The molecule has 0 heterocycles. The van der Waals surface area contributed by atoms with E-state index in [0.29, 0.717) is 30.6 Å². The van der Waals surface area contributed by atoms with Crippen molar-refractivity contribution in [3.63, 3.8) is 0 Å². The number of sulfonamides is 1. The second-order valence-electron chi connectivity index (χ2n) is 6.16. The van der Waals surface area contributed by atoms with Gasteiger partial charge in [-0.05, 0) is 29.8 Å². The Kier molecular flexibility index (Phi) is 11.6. The number of nitrogens with zero attached hydrogens (tertiary/aromatic N) is 1. The maximum absolute atomic E-state index is 12.4. The van der Waals surface area contributed by atoms with Crippen molar-refractivity contribution in [3.05, 3.63) is 48.0 Å². The van der Waals surface area contributed by atoms with Gasteiger partial charge in [-0.2, -0.15) is 0 Å². The molecule has 0 fully saturated rings. The van der Waals surface area contributed by atoms with E-state index in [9.17, 15) is 8.42 Å². The first-order chi connectivity index (χ1) is 14.4. The van der Waals surface area contributed by atoms with Gasteiger partial charge in [-0.1, -0.05) is 12.1 Å². The molecule has 0 saturated carbocycles. The maximum atomic E-state index is 12.4. The largest absolute Gasteiger partial charge is 0.493 e. The highest BCUT2D eigenvalue weighted by molar-refractivity contribution is 14.0. The molecule has 0 aliphatic carbocycles. The zero-order chi connectivity index (χ0) is 22.0. The van der Waals surface area contributed by atoms with E-state index in [2.05, 4.69) is 20.3 Å². The molecular weight excluding hydrogens is 535 g/mol. The monoisotopic (exact) mass is 564 g/mol. The molecule has 2 rings (SSSR count). The molecule has 0 aliphatic rings. The molecule has 3 N–H and O–H groups in total. The third-order valence-corrected chi connectivity index (χ3v) is 5.60. The number of hydrogen-bond donors (Lipinski definition) is 3. The average molecular weight is 564 g/mol. The van der Waals surface area contributed by atoms with Gasteiger partial charge in [0.1, 0.15) is 0 Å². The van der Waals surface area contributed by atoms with Gasteiger partial charge in [-0.25, -0.2) is 13.1 Å². The second-order valence-corrected chi connectivity index (χ2v) is 7.93. The highest BCUT2D eigenvalue weighted by Gasteiger charge is 2.14. The van der Waals surface area contributed by atoms with Crippen molar-refractivity contribution in [3.8, 4) is 11.5 Å². The van der Waals surface area contributed by atoms with Gasteiger partial charge in [0, 0.05) is 39.0 Å². The maximum Gasteiger partial charge on any atom is 0.240 e. The van der Waals surface area contributed by atoms with Crippen LogP contribution < -0.4 is 24.8 Å². The van der Waals surface area contributed by atoms with Crippen LogP contribution in [0.3, 0.4) is 0 Å². The number of anilines is 1. The van der Waals surface area contributed by atoms with Gasteiger partial charge in [0.2, 0.25) is 10.0 Å². The lowest BCUT2D eigenvalue weighted by Crippen LogP contribution is -2.30. The van der Waals surface area contributed by atoms with Gasteiger partial charge in [0.15, 0.2) is 17.5 Å². The summed E-state index contributed by atoms with van der Waals surface area (Å²) in [6, 6.07) is 12.1. The summed E-state index contributed by atoms with van der Waals surface area (Å²) in [4.78, 5) is 4.39. The second kappa shape index (κ2) is 13.3. The minimum Gasteiger partial charge on any atom is -0.493 e. The molecular formula is C20H29IN4O5S. The van der Waals surface area contributed by atoms with Crippen LogP contribution in [0.15, 0.2) is 52.4 Å². The number of benzene rings is 2. The number of hydrogen-bond acceptors (Lipinski definition) is 6. The third kappa shape index (κ3) is 8.16. The Labute approximate surface area is 200 Å². The Balaban J connectivity index is 0.00000480. The van der Waals surface area contributed by atoms with Gasteiger partial charge < -0.3 is 24.8 Å². The van der Waals surface area contributed by atoms with E-state index >= 15 is 0 Å². The molecule has 0 unspecified atom stereocenters. The van der Waals surface area contributed by atoms with Crippen molar-refractivity contribution in [2.45, 2.75) is 11.4 Å². The minimum atomic E-state index is -3.59. The summed E-state index contributed by atoms with van der Waals surface area (Å²) in [5.74, 6) is 1.74. The molecule has 0 bridgehead atoms. The van der Waals surface area contributed by atoms with E-state index in [4.69, 9.17) is 14.2 Å². The van der Waals surface area contributed by atoms with Crippen molar-refractivity contribution in [2.75, 3.05) is 46.8 Å². The molecule has 0 radical (unpaired) electrons. The Morgan fingerprint density at radius 3 is 2.42 bits per heavy atom. The molecule has 0 atom stereocenters. The Bertz CT molecular complexity index is 970. The first-order valence-electron chi connectivity index (χ1n) is 9.20. The van der Waals surface area contributed by atoms with E-state index in [1.807, 2.05) is 12.1 Å². The summed E-state index contributed by atoms with van der Waals surface area (Å²) in [5, 5.41) is 6.33. The standard InChI is InChI=1S/C20H28N4O5S.HI/c1-21-20(24-16-8-9-18(28-3)19(13-16)29-4)22-14-15-6-5-7-17(12-15)30(25,26)23-10-11-27-2;/h5-9,12-13,23H,10-11,14H2,1-4H3,(H2,21,22,24);1H. The fourth-order valence-corrected chi connectivity index (χ4v) is 3.68. The number of rotatable bonds is 10. The van der Waals surface area contributed by atoms with Crippen molar-refractivity contribution in [2.24, 2.45) is 4.99 Å². The summed E-state index contributed by atoms with van der Waals surface area (Å²) in [7, 11) is 2.72. The highest BCUT2D eigenvalue weighted by Crippen LogP contribution is 2.29. The van der Waals surface area contributed by atoms with E-state index in [0.717, 1.165) is 11.3 Å². The predicted octanol–water partition coefficient (Wildman–Crippen LogP) is 2.43. The van der Waals surface area contributed by atoms with E-state index in [1.165, 1.54) is 7.11 Å². The van der Waals surface area contributed by atoms with Crippen LogP contribution in [0.2, 0.25) is 0 Å². The van der Waals surface area contributed by atoms with Crippen LogP contribution in [-0.4, -0.2) is 55.9 Å². The molecule has 0 saturated heterocycles. The van der Waals surface area contributed by atoms with Gasteiger partial charge in [0.05, 0.1) is 25.7 Å². The summed E-state index contributed by atoms with van der Waals surface area (Å²) in [5.41, 5.74) is 1.55. The molecule has 9 nitrogen and oxygen atoms in total. The SMILES string of the molecule is CN=C(NCc1cccc(S(=O)(=O)NCCOC)c1)Nc1ccc(OC)c(OC)c1.I. The van der Waals surface area contributed by atoms with Crippen LogP contribution in [-0.2, 0) is 21.3 Å². The van der Waals surface area contributed by atoms with Crippen molar-refractivity contribution in [1.82, 2.24) is 10.0 Å². The highest BCUT2D eigenvalue weighted by atomic mass is 127. The fourth-order valence-electron chi connectivity index (χ4n) is 2.60. The summed E-state index contributed by atoms with van der Waals surface area (Å²) >= 11 is 0. The summed E-state index contributed by atoms with van der Waals surface area (Å²) < 4.78 is 42.6. The quantitative estimate of drug-likeness (QED) is 0.176. The lowest BCUT2D eigenvalue weighted by molar-refractivity contribution is 0.204. The van der Waals surface area contributed by atoms with Crippen LogP contribution in [0.4, 0.5) is 5.69 Å². The van der Waals surface area contributed by atoms with Gasteiger partial charge >= 0.3 is 0 Å². The molecule has 0 amide bonds. The topological polar surface area (TPSA) is 110 Å². The van der Waals surface area contributed by atoms with Crippen molar-refractivity contribution in [1.29, 1.82) is 0 Å². The van der Waals surface area contributed by atoms with Crippen molar-refractivity contribution < 1.29 is 22.6 Å². The smallest absolute Gasteiger partial charge is 0.240 e. The fraction of sp³-hybridized carbons (Fsp3) is 0.350. The third-order valence-electron chi connectivity index (χ3n) is 4.14. The van der Waals surface area contributed by atoms with Crippen molar-refractivity contribution >= 4 is 45.6 Å². The molecule has 2 aromatic carbocycles. The molecule has 2 aromatic rings. The first kappa shape index (κ1) is 26.9. The summed E-state index contributed by atoms with van der Waals surface area (Å²) in [6.07, 6.45) is 0. The van der Waals surface area contributed by atoms with Gasteiger partial charge in [-0.15, -0.1) is 24.0 Å². The van der Waals surface area contributed by atoms with E-state index in [-0.39, 0.29) is 35.4 Å². The van der Waals surface area contributed by atoms with E-state index in [1.54, 1.807) is 51.6 Å². The first-order valence-corrected chi connectivity index (χ1v) is 10.7. The van der Waals surface area contributed by atoms with E-state index < -0.39 is 10.0 Å². The molecule has 0 aromatic heterocycles. The lowest BCUT2D eigenvalue weighted by atomic mass is 10.2. The predicted molar refractivity (Wildman–Crippen MR) is 132 cm³/mol. The normalized spacial score (nSPS) is 11.4. The number of halogens is 1. The Hall–Kier alpha value is -2.09. The molecule has 172 valence electrons. The van der Waals surface area contributed by atoms with Crippen LogP contribution >= 0.6 is 24.0 Å². The lowest BCUT2D eigenvalue weighted by Gasteiger charge is -2.14. The minimum absolute atomic E-state index is 0. The Morgan fingerprint density at radius 2 is 1.77 bits per heavy atom. The molecule has 0 aliphatic heterocycles. The number of aliphatic imine (C=N–C) groups is 1. The number of methoxy groups -OCH3 is 3. The molecule has 31 heavy (non-hydrogen) atoms. The molecule has 0 spiro atoms. The Morgan fingerprint density at radius 1 is 1.03 bits per heavy atom. The van der Waals surface area contributed by atoms with Gasteiger partial charge in [0.25, 0.3) is 0 Å². The van der Waals surface area contributed by atoms with Crippen LogP contribution in [0.25, 0.3) is 0 Å². The van der Waals surface area contributed by atoms with Crippen LogP contribution in [0.1, 0.15) is 5.56 Å². The zero-order valence-electron chi connectivity index (χ0n) is 18.0. The average Bonchev–Trinajstić information content (AvgIpc) is 2.76. The van der Waals surface area contributed by atoms with Crippen LogP contribution in [0.5, 0.6) is 11.5 Å². The number of guanidine groups is 1. The zero-order valence-corrected chi connectivity index (χ0v) is 21.1. The van der Waals surface area contributed by atoms with Crippen LogP contribution in [0, 0.1) is 0 Å². The summed E-state index contributed by atoms with van der Waals surface area (Å²) in [6.45, 7) is 0.899. The number of nitrogens with one attached hydrogen (secondary N) is 3. The van der Waals surface area contributed by atoms with Gasteiger partial charge in [-0.3, -0.25) is 4.99 Å².